The summed E-state index contributed by atoms with van der Waals surface area (Å²) in [4.78, 5) is 32.3. The summed E-state index contributed by atoms with van der Waals surface area (Å²) in [6, 6.07) is 19.4. The number of pyridine rings is 1. The van der Waals surface area contributed by atoms with Crippen LogP contribution in [0.1, 0.15) is 33.6 Å². The standard InChI is InChI=1S/C28H28N6O2/c1-33-18-23(16-32-33)22-14-25(26(29)30-15-22)27(35)31-17-24-8-5-13-34(24)28(36)21-11-9-20(10-12-21)19-6-3-2-4-7-19/h2-4,6-7,9-12,14-16,18,24H,5,8,13,17H2,1H3,(H2,29,30)(H,31,35)/t24-/m0/s1. The normalized spacial score (nSPS) is 15.1. The van der Waals surface area contributed by atoms with Crippen LogP contribution < -0.4 is 11.1 Å². The maximum absolute atomic E-state index is 13.3. The number of nitrogen functional groups attached to an aromatic ring is 1. The number of nitrogens with one attached hydrogen (secondary N) is 1. The van der Waals surface area contributed by atoms with E-state index < -0.39 is 0 Å². The van der Waals surface area contributed by atoms with Crippen LogP contribution in [0.3, 0.4) is 0 Å². The van der Waals surface area contributed by atoms with Gasteiger partial charge in [0.15, 0.2) is 0 Å². The van der Waals surface area contributed by atoms with Crippen LogP contribution in [0.25, 0.3) is 22.3 Å². The first kappa shape index (κ1) is 23.3. The molecule has 0 unspecified atom stereocenters. The zero-order chi connectivity index (χ0) is 25.1. The number of amides is 2. The lowest BCUT2D eigenvalue weighted by molar-refractivity contribution is 0.0725. The molecule has 1 fully saturated rings. The first-order chi connectivity index (χ1) is 17.5. The number of nitrogens with two attached hydrogens (primary N) is 1. The van der Waals surface area contributed by atoms with Gasteiger partial charge in [-0.15, -0.1) is 0 Å². The summed E-state index contributed by atoms with van der Waals surface area (Å²) >= 11 is 0. The van der Waals surface area contributed by atoms with E-state index in [2.05, 4.69) is 15.4 Å². The van der Waals surface area contributed by atoms with Crippen molar-refractivity contribution < 1.29 is 9.59 Å². The van der Waals surface area contributed by atoms with E-state index >= 15 is 0 Å². The fourth-order valence-corrected chi connectivity index (χ4v) is 4.61. The second kappa shape index (κ2) is 10.0. The second-order valence-corrected chi connectivity index (χ2v) is 9.01. The number of carbonyl (C=O) groups is 2. The number of likely N-dealkylation sites (tertiary alicyclic amines) is 1. The van der Waals surface area contributed by atoms with E-state index in [4.69, 9.17) is 5.73 Å². The van der Waals surface area contributed by atoms with Gasteiger partial charge in [-0.25, -0.2) is 4.98 Å². The number of aryl methyl sites for hydroxylation is 1. The third kappa shape index (κ3) is 4.84. The van der Waals surface area contributed by atoms with E-state index in [1.807, 2.05) is 72.7 Å². The summed E-state index contributed by atoms with van der Waals surface area (Å²) in [6.45, 7) is 1.02. The van der Waals surface area contributed by atoms with Crippen LogP contribution in [0.4, 0.5) is 5.82 Å². The number of aromatic nitrogens is 3. The Kier molecular flexibility index (Phi) is 6.49. The Bertz CT molecular complexity index is 1380. The molecule has 2 aromatic heterocycles. The lowest BCUT2D eigenvalue weighted by Gasteiger charge is -2.25. The van der Waals surface area contributed by atoms with E-state index in [1.165, 1.54) is 0 Å². The Morgan fingerprint density at radius 3 is 2.47 bits per heavy atom. The molecule has 3 heterocycles. The van der Waals surface area contributed by atoms with Gasteiger partial charge >= 0.3 is 0 Å². The van der Waals surface area contributed by atoms with Crippen molar-refractivity contribution >= 4 is 17.6 Å². The van der Waals surface area contributed by atoms with Crippen LogP contribution in [0.15, 0.2) is 79.3 Å². The zero-order valence-corrected chi connectivity index (χ0v) is 20.1. The van der Waals surface area contributed by atoms with Gasteiger partial charge in [-0.05, 0) is 42.2 Å². The Balaban J connectivity index is 1.25. The highest BCUT2D eigenvalue weighted by molar-refractivity contribution is 5.99. The highest BCUT2D eigenvalue weighted by Gasteiger charge is 2.30. The minimum atomic E-state index is -0.308. The molecule has 4 aromatic rings. The average molecular weight is 481 g/mol. The molecular formula is C28H28N6O2. The number of anilines is 1. The third-order valence-corrected chi connectivity index (χ3v) is 6.58. The van der Waals surface area contributed by atoms with Crippen molar-refractivity contribution in [1.82, 2.24) is 25.0 Å². The maximum atomic E-state index is 13.3. The van der Waals surface area contributed by atoms with Gasteiger partial charge in [0, 0.05) is 55.3 Å². The first-order valence-electron chi connectivity index (χ1n) is 12.0. The van der Waals surface area contributed by atoms with Gasteiger partial charge in [0.05, 0.1) is 11.8 Å². The topological polar surface area (TPSA) is 106 Å². The smallest absolute Gasteiger partial charge is 0.255 e. The van der Waals surface area contributed by atoms with Gasteiger partial charge in [0.25, 0.3) is 11.8 Å². The summed E-state index contributed by atoms with van der Waals surface area (Å²) in [6.07, 6.45) is 6.92. The first-order valence-corrected chi connectivity index (χ1v) is 12.0. The minimum Gasteiger partial charge on any atom is -0.383 e. The lowest BCUT2D eigenvalue weighted by Crippen LogP contribution is -2.43. The van der Waals surface area contributed by atoms with Crippen LogP contribution in [0.5, 0.6) is 0 Å². The molecule has 2 amide bonds. The SMILES string of the molecule is Cn1cc(-c2cnc(N)c(C(=O)NC[C@@H]3CCCN3C(=O)c3ccc(-c4ccccc4)cc3)c2)cn1. The molecule has 1 aliphatic rings. The summed E-state index contributed by atoms with van der Waals surface area (Å²) in [7, 11) is 1.83. The van der Waals surface area contributed by atoms with E-state index in [1.54, 1.807) is 23.1 Å². The second-order valence-electron chi connectivity index (χ2n) is 9.01. The van der Waals surface area contributed by atoms with E-state index in [9.17, 15) is 9.59 Å². The van der Waals surface area contributed by atoms with E-state index in [-0.39, 0.29) is 23.7 Å². The number of rotatable bonds is 6. The Morgan fingerprint density at radius 2 is 1.75 bits per heavy atom. The quantitative estimate of drug-likeness (QED) is 0.437. The Hall–Kier alpha value is -4.46. The molecule has 3 N–H and O–H groups in total. The van der Waals surface area contributed by atoms with Gasteiger partial charge in [-0.3, -0.25) is 14.3 Å². The van der Waals surface area contributed by atoms with Gasteiger partial charge in [-0.2, -0.15) is 5.10 Å². The van der Waals surface area contributed by atoms with Crippen molar-refractivity contribution in [3.63, 3.8) is 0 Å². The number of carbonyl (C=O) groups excluding carboxylic acids is 2. The van der Waals surface area contributed by atoms with Crippen molar-refractivity contribution in [2.45, 2.75) is 18.9 Å². The molecule has 0 aliphatic carbocycles. The molecule has 182 valence electrons. The average Bonchev–Trinajstić information content (AvgIpc) is 3.57. The largest absolute Gasteiger partial charge is 0.383 e. The molecule has 2 aromatic carbocycles. The summed E-state index contributed by atoms with van der Waals surface area (Å²) in [5, 5.41) is 7.13. The van der Waals surface area contributed by atoms with E-state index in [0.29, 0.717) is 24.2 Å². The van der Waals surface area contributed by atoms with E-state index in [0.717, 1.165) is 35.1 Å². The molecule has 0 spiro atoms. The molecule has 5 rings (SSSR count). The predicted molar refractivity (Wildman–Crippen MR) is 139 cm³/mol. The monoisotopic (exact) mass is 480 g/mol. The van der Waals surface area contributed by atoms with Gasteiger partial charge in [0.2, 0.25) is 0 Å². The van der Waals surface area contributed by atoms with Crippen LogP contribution in [-0.2, 0) is 7.05 Å². The minimum absolute atomic E-state index is 0.0221. The van der Waals surface area contributed by atoms with Crippen molar-refractivity contribution in [1.29, 1.82) is 0 Å². The summed E-state index contributed by atoms with van der Waals surface area (Å²) in [5.41, 5.74) is 10.8. The third-order valence-electron chi connectivity index (χ3n) is 6.58. The summed E-state index contributed by atoms with van der Waals surface area (Å²) in [5.74, 6) is -0.165. The summed E-state index contributed by atoms with van der Waals surface area (Å²) < 4.78 is 1.69. The van der Waals surface area contributed by atoms with Crippen molar-refractivity contribution in [3.05, 3.63) is 90.4 Å². The molecule has 8 heteroatoms. The Labute approximate surface area is 209 Å². The molecule has 0 bridgehead atoms. The van der Waals surface area contributed by atoms with Gasteiger partial charge in [-0.1, -0.05) is 42.5 Å². The molecule has 1 aliphatic heterocycles. The number of hydrogen-bond acceptors (Lipinski definition) is 5. The van der Waals surface area contributed by atoms with Crippen LogP contribution >= 0.6 is 0 Å². The highest BCUT2D eigenvalue weighted by atomic mass is 16.2. The molecule has 1 atom stereocenters. The van der Waals surface area contributed by atoms with Gasteiger partial charge < -0.3 is 16.0 Å². The lowest BCUT2D eigenvalue weighted by atomic mass is 10.0. The van der Waals surface area contributed by atoms with Gasteiger partial charge in [0.1, 0.15) is 5.82 Å². The van der Waals surface area contributed by atoms with Crippen LogP contribution in [-0.4, -0.2) is 50.6 Å². The fraction of sp³-hybridized carbons (Fsp3) is 0.214. The molecule has 8 nitrogen and oxygen atoms in total. The molecule has 1 saturated heterocycles. The van der Waals surface area contributed by atoms with Crippen molar-refractivity contribution in [2.75, 3.05) is 18.8 Å². The number of nitrogens with zero attached hydrogens (tertiary/aromatic N) is 4. The van der Waals surface area contributed by atoms with Crippen LogP contribution in [0, 0.1) is 0 Å². The van der Waals surface area contributed by atoms with Crippen molar-refractivity contribution in [2.24, 2.45) is 7.05 Å². The molecule has 0 saturated carbocycles. The van der Waals surface area contributed by atoms with Crippen molar-refractivity contribution in [3.8, 4) is 22.3 Å². The van der Waals surface area contributed by atoms with Crippen LogP contribution in [0.2, 0.25) is 0 Å². The number of hydrogen-bond donors (Lipinski definition) is 2. The molecule has 36 heavy (non-hydrogen) atoms. The fourth-order valence-electron chi connectivity index (χ4n) is 4.61. The maximum Gasteiger partial charge on any atom is 0.255 e. The molecule has 0 radical (unpaired) electrons. The molecular weight excluding hydrogens is 452 g/mol. The zero-order valence-electron chi connectivity index (χ0n) is 20.1. The highest BCUT2D eigenvalue weighted by Crippen LogP contribution is 2.24. The number of benzene rings is 2. The Morgan fingerprint density at radius 1 is 1.00 bits per heavy atom. The predicted octanol–water partition coefficient (Wildman–Crippen LogP) is 3.77.